The van der Waals surface area contributed by atoms with Gasteiger partial charge in [-0.15, -0.1) is 0 Å². The van der Waals surface area contributed by atoms with Gasteiger partial charge in [0.25, 0.3) is 5.91 Å². The number of fused-ring (bicyclic) bond motifs is 1. The number of carbonyl (C=O) groups is 2. The number of aryl methyl sites for hydroxylation is 1. The van der Waals surface area contributed by atoms with E-state index in [0.717, 1.165) is 10.9 Å². The Labute approximate surface area is 127 Å². The monoisotopic (exact) mass is 293 g/mol. The van der Waals surface area contributed by atoms with Crippen LogP contribution in [0, 0.1) is 6.92 Å². The zero-order chi connectivity index (χ0) is 15.7. The Kier molecular flexibility index (Phi) is 3.51. The van der Waals surface area contributed by atoms with Gasteiger partial charge in [-0.1, -0.05) is 24.3 Å². The standard InChI is InChI=1S/C18H15NO3/c1-11-6-7-14-10-17(22-16(14)8-11)18(21)19-15-5-3-4-13(9-15)12(2)20/h3-10H,1-2H3,(H,19,21). The number of nitrogens with one attached hydrogen (secondary N) is 1. The number of benzene rings is 2. The van der Waals surface area contributed by atoms with E-state index < -0.39 is 0 Å². The number of Topliss-reactive ketones (excluding diaryl/α,β-unsaturated/α-hetero) is 1. The lowest BCUT2D eigenvalue weighted by Crippen LogP contribution is -2.11. The molecule has 22 heavy (non-hydrogen) atoms. The van der Waals surface area contributed by atoms with Crippen molar-refractivity contribution in [3.05, 3.63) is 65.4 Å². The van der Waals surface area contributed by atoms with Crippen molar-refractivity contribution >= 4 is 28.3 Å². The smallest absolute Gasteiger partial charge is 0.291 e. The molecule has 1 N–H and O–H groups in total. The highest BCUT2D eigenvalue weighted by molar-refractivity contribution is 6.05. The Morgan fingerprint density at radius 1 is 1.05 bits per heavy atom. The molecule has 0 unspecified atom stereocenters. The SMILES string of the molecule is CC(=O)c1cccc(NC(=O)c2cc3ccc(C)cc3o2)c1. The van der Waals surface area contributed by atoms with Crippen LogP contribution in [0.4, 0.5) is 5.69 Å². The van der Waals surface area contributed by atoms with Crippen LogP contribution in [-0.2, 0) is 0 Å². The molecule has 0 radical (unpaired) electrons. The molecule has 4 heteroatoms. The van der Waals surface area contributed by atoms with Crippen molar-refractivity contribution in [2.24, 2.45) is 0 Å². The zero-order valence-electron chi connectivity index (χ0n) is 12.3. The van der Waals surface area contributed by atoms with Crippen molar-refractivity contribution < 1.29 is 14.0 Å². The van der Waals surface area contributed by atoms with Crippen LogP contribution in [0.15, 0.2) is 52.9 Å². The molecule has 1 aromatic heterocycles. The number of hydrogen-bond donors (Lipinski definition) is 1. The maximum absolute atomic E-state index is 12.3. The topological polar surface area (TPSA) is 59.3 Å². The van der Waals surface area contributed by atoms with E-state index in [1.807, 2.05) is 25.1 Å². The van der Waals surface area contributed by atoms with Crippen molar-refractivity contribution in [2.45, 2.75) is 13.8 Å². The first kappa shape index (κ1) is 14.1. The van der Waals surface area contributed by atoms with E-state index in [0.29, 0.717) is 16.8 Å². The molecule has 2 aromatic carbocycles. The second-order valence-electron chi connectivity index (χ2n) is 5.24. The van der Waals surface area contributed by atoms with Crippen LogP contribution in [-0.4, -0.2) is 11.7 Å². The average Bonchev–Trinajstić information content (AvgIpc) is 2.90. The number of rotatable bonds is 3. The van der Waals surface area contributed by atoms with E-state index in [2.05, 4.69) is 5.32 Å². The molecule has 4 nitrogen and oxygen atoms in total. The zero-order valence-corrected chi connectivity index (χ0v) is 12.3. The summed E-state index contributed by atoms with van der Waals surface area (Å²) >= 11 is 0. The van der Waals surface area contributed by atoms with Crippen LogP contribution in [0.3, 0.4) is 0 Å². The van der Waals surface area contributed by atoms with Crippen LogP contribution >= 0.6 is 0 Å². The van der Waals surface area contributed by atoms with Gasteiger partial charge in [-0.3, -0.25) is 9.59 Å². The summed E-state index contributed by atoms with van der Waals surface area (Å²) in [6.45, 7) is 3.46. The molecule has 3 rings (SSSR count). The Bertz CT molecular complexity index is 877. The van der Waals surface area contributed by atoms with Gasteiger partial charge in [-0.05, 0) is 43.7 Å². The second kappa shape index (κ2) is 5.48. The number of anilines is 1. The Hall–Kier alpha value is -2.88. The summed E-state index contributed by atoms with van der Waals surface area (Å²) in [5, 5.41) is 3.63. The van der Waals surface area contributed by atoms with Gasteiger partial charge >= 0.3 is 0 Å². The van der Waals surface area contributed by atoms with E-state index in [-0.39, 0.29) is 17.5 Å². The van der Waals surface area contributed by atoms with E-state index in [4.69, 9.17) is 4.42 Å². The minimum atomic E-state index is -0.338. The fraction of sp³-hybridized carbons (Fsp3) is 0.111. The molecule has 3 aromatic rings. The minimum absolute atomic E-state index is 0.0460. The summed E-state index contributed by atoms with van der Waals surface area (Å²) < 4.78 is 5.58. The van der Waals surface area contributed by atoms with Crippen molar-refractivity contribution in [1.82, 2.24) is 0 Å². The summed E-state index contributed by atoms with van der Waals surface area (Å²) in [4.78, 5) is 23.6. The predicted molar refractivity (Wildman–Crippen MR) is 85.4 cm³/mol. The quantitative estimate of drug-likeness (QED) is 0.736. The molecule has 0 fully saturated rings. The maximum Gasteiger partial charge on any atom is 0.291 e. The molecule has 0 saturated carbocycles. The third kappa shape index (κ3) is 2.76. The molecule has 0 aliphatic rings. The van der Waals surface area contributed by atoms with E-state index in [1.165, 1.54) is 6.92 Å². The summed E-state index contributed by atoms with van der Waals surface area (Å²) in [6, 6.07) is 14.3. The first-order valence-corrected chi connectivity index (χ1v) is 6.95. The van der Waals surface area contributed by atoms with Crippen molar-refractivity contribution in [1.29, 1.82) is 0 Å². The van der Waals surface area contributed by atoms with Crippen molar-refractivity contribution in [3.8, 4) is 0 Å². The highest BCUT2D eigenvalue weighted by atomic mass is 16.3. The average molecular weight is 293 g/mol. The van der Waals surface area contributed by atoms with E-state index >= 15 is 0 Å². The lowest BCUT2D eigenvalue weighted by atomic mass is 10.1. The van der Waals surface area contributed by atoms with Gasteiger partial charge in [0, 0.05) is 16.6 Å². The molecular weight excluding hydrogens is 278 g/mol. The molecule has 110 valence electrons. The van der Waals surface area contributed by atoms with Crippen molar-refractivity contribution in [3.63, 3.8) is 0 Å². The number of ketones is 1. The Morgan fingerprint density at radius 3 is 2.64 bits per heavy atom. The van der Waals surface area contributed by atoms with Gasteiger partial charge in [-0.2, -0.15) is 0 Å². The summed E-state index contributed by atoms with van der Waals surface area (Å²) in [7, 11) is 0. The molecule has 0 aliphatic carbocycles. The van der Waals surface area contributed by atoms with Crippen LogP contribution in [0.25, 0.3) is 11.0 Å². The number of furan rings is 1. The van der Waals surface area contributed by atoms with Crippen LogP contribution in [0.1, 0.15) is 33.4 Å². The van der Waals surface area contributed by atoms with Gasteiger partial charge in [-0.25, -0.2) is 0 Å². The Morgan fingerprint density at radius 2 is 1.86 bits per heavy atom. The molecular formula is C18H15NO3. The molecule has 1 heterocycles. The fourth-order valence-electron chi connectivity index (χ4n) is 2.26. The number of carbonyl (C=O) groups excluding carboxylic acids is 2. The molecule has 0 saturated heterocycles. The number of hydrogen-bond acceptors (Lipinski definition) is 3. The third-order valence-corrected chi connectivity index (χ3v) is 3.43. The summed E-state index contributed by atoms with van der Waals surface area (Å²) in [5.74, 6) is -0.140. The van der Waals surface area contributed by atoms with Gasteiger partial charge in [0.2, 0.25) is 0 Å². The molecule has 0 spiro atoms. The molecule has 0 atom stereocenters. The van der Waals surface area contributed by atoms with Gasteiger partial charge < -0.3 is 9.73 Å². The lowest BCUT2D eigenvalue weighted by Gasteiger charge is -2.04. The predicted octanol–water partition coefficient (Wildman–Crippen LogP) is 4.20. The Balaban J connectivity index is 1.86. The third-order valence-electron chi connectivity index (χ3n) is 3.43. The fourth-order valence-corrected chi connectivity index (χ4v) is 2.26. The summed E-state index contributed by atoms with van der Waals surface area (Å²) in [6.07, 6.45) is 0. The summed E-state index contributed by atoms with van der Waals surface area (Å²) in [5.41, 5.74) is 2.87. The first-order chi connectivity index (χ1) is 10.5. The first-order valence-electron chi connectivity index (χ1n) is 6.95. The van der Waals surface area contributed by atoms with Gasteiger partial charge in [0.15, 0.2) is 11.5 Å². The normalized spacial score (nSPS) is 10.6. The highest BCUT2D eigenvalue weighted by Crippen LogP contribution is 2.21. The molecule has 0 aliphatic heterocycles. The second-order valence-corrected chi connectivity index (χ2v) is 5.24. The highest BCUT2D eigenvalue weighted by Gasteiger charge is 2.13. The van der Waals surface area contributed by atoms with E-state index in [1.54, 1.807) is 30.3 Å². The van der Waals surface area contributed by atoms with Gasteiger partial charge in [0.05, 0.1) is 0 Å². The van der Waals surface area contributed by atoms with Crippen LogP contribution < -0.4 is 5.32 Å². The largest absolute Gasteiger partial charge is 0.451 e. The van der Waals surface area contributed by atoms with Crippen LogP contribution in [0.5, 0.6) is 0 Å². The minimum Gasteiger partial charge on any atom is -0.451 e. The molecule has 0 bridgehead atoms. The van der Waals surface area contributed by atoms with Gasteiger partial charge in [0.1, 0.15) is 5.58 Å². The van der Waals surface area contributed by atoms with Crippen LogP contribution in [0.2, 0.25) is 0 Å². The molecule has 1 amide bonds. The lowest BCUT2D eigenvalue weighted by molar-refractivity contribution is 0.0993. The maximum atomic E-state index is 12.3. The van der Waals surface area contributed by atoms with E-state index in [9.17, 15) is 9.59 Å². The number of amides is 1. The van der Waals surface area contributed by atoms with Crippen molar-refractivity contribution in [2.75, 3.05) is 5.32 Å².